The quantitative estimate of drug-likeness (QED) is 0.0815. The van der Waals surface area contributed by atoms with Crippen LogP contribution in [0, 0.1) is 0 Å². The number of benzene rings is 12. The summed E-state index contributed by atoms with van der Waals surface area (Å²) in [5.41, 5.74) is 9.60. The number of hydrogen-bond acceptors (Lipinski definition) is 2. The molecule has 0 radical (unpaired) electrons. The molecule has 0 aliphatic rings. The van der Waals surface area contributed by atoms with Crippen LogP contribution >= 0.6 is 0 Å². The van der Waals surface area contributed by atoms with Crippen LogP contribution in [0.3, 0.4) is 0 Å². The molecule has 324 valence electrons. The molecular weight excluding hydrogens is 851 g/mol. The van der Waals surface area contributed by atoms with E-state index in [0.717, 1.165) is 50.1 Å². The third-order valence-electron chi connectivity index (χ3n) is 14.2. The van der Waals surface area contributed by atoms with Crippen LogP contribution in [0.15, 0.2) is 277 Å². The average molecular weight is 896 g/mol. The molecule has 0 saturated carbocycles. The van der Waals surface area contributed by atoms with Crippen molar-refractivity contribution in [3.63, 3.8) is 0 Å². The lowest BCUT2D eigenvalue weighted by atomic mass is 9.94. The molecular formula is C66H45NOSi. The van der Waals surface area contributed by atoms with Crippen molar-refractivity contribution >= 4 is 100 Å². The van der Waals surface area contributed by atoms with Crippen molar-refractivity contribution in [3.05, 3.63) is 273 Å². The molecule has 0 atom stereocenters. The number of para-hydroxylation sites is 2. The minimum atomic E-state index is -2.63. The van der Waals surface area contributed by atoms with Gasteiger partial charge < -0.3 is 9.32 Å². The van der Waals surface area contributed by atoms with Gasteiger partial charge in [-0.05, 0) is 112 Å². The lowest BCUT2D eigenvalue weighted by Crippen LogP contribution is -2.74. The molecule has 13 rings (SSSR count). The zero-order valence-corrected chi connectivity index (χ0v) is 38.8. The van der Waals surface area contributed by atoms with Crippen LogP contribution in [0.4, 0.5) is 17.1 Å². The van der Waals surface area contributed by atoms with Gasteiger partial charge in [0.1, 0.15) is 11.2 Å². The molecule has 13 aromatic rings. The summed E-state index contributed by atoms with van der Waals surface area (Å²) in [5, 5.41) is 15.3. The van der Waals surface area contributed by atoms with Crippen molar-refractivity contribution in [2.45, 2.75) is 0 Å². The molecule has 69 heavy (non-hydrogen) atoms. The van der Waals surface area contributed by atoms with Crippen molar-refractivity contribution in [1.29, 1.82) is 0 Å². The first-order valence-electron chi connectivity index (χ1n) is 23.7. The zero-order valence-electron chi connectivity index (χ0n) is 37.8. The minimum Gasteiger partial charge on any atom is -0.455 e. The largest absolute Gasteiger partial charge is 0.455 e. The third kappa shape index (κ3) is 6.78. The van der Waals surface area contributed by atoms with Gasteiger partial charge >= 0.3 is 0 Å². The normalized spacial score (nSPS) is 11.8. The molecule has 1 aromatic heterocycles. The summed E-state index contributed by atoms with van der Waals surface area (Å²) in [6, 6.07) is 100. The number of fused-ring (bicyclic) bond motifs is 9. The Balaban J connectivity index is 0.922. The van der Waals surface area contributed by atoms with Crippen LogP contribution in [0.5, 0.6) is 0 Å². The van der Waals surface area contributed by atoms with Gasteiger partial charge in [0.05, 0.1) is 0 Å². The van der Waals surface area contributed by atoms with Crippen molar-refractivity contribution in [1.82, 2.24) is 0 Å². The number of rotatable bonds is 9. The minimum absolute atomic E-state index is 0.903. The Morgan fingerprint density at radius 2 is 0.652 bits per heavy atom. The monoisotopic (exact) mass is 895 g/mol. The van der Waals surface area contributed by atoms with Crippen molar-refractivity contribution in [2.24, 2.45) is 0 Å². The fourth-order valence-corrected chi connectivity index (χ4v) is 15.8. The van der Waals surface area contributed by atoms with E-state index in [9.17, 15) is 0 Å². The van der Waals surface area contributed by atoms with E-state index < -0.39 is 8.07 Å². The van der Waals surface area contributed by atoms with Crippen molar-refractivity contribution in [3.8, 4) is 22.3 Å². The molecule has 0 spiro atoms. The third-order valence-corrected chi connectivity index (χ3v) is 19.0. The Bertz CT molecular complexity index is 3850. The Hall–Kier alpha value is -8.76. The van der Waals surface area contributed by atoms with E-state index in [1.807, 2.05) is 12.1 Å². The Morgan fingerprint density at radius 3 is 1.19 bits per heavy atom. The first-order chi connectivity index (χ1) is 34.2. The van der Waals surface area contributed by atoms with E-state index >= 15 is 0 Å². The van der Waals surface area contributed by atoms with Crippen molar-refractivity contribution in [2.75, 3.05) is 4.90 Å². The van der Waals surface area contributed by atoms with Crippen LogP contribution in [0.1, 0.15) is 0 Å². The fourth-order valence-electron chi connectivity index (χ4n) is 11.0. The summed E-state index contributed by atoms with van der Waals surface area (Å²) in [5.74, 6) is 0. The van der Waals surface area contributed by atoms with Gasteiger partial charge in [-0.15, -0.1) is 0 Å². The Kier molecular flexibility index (Phi) is 9.88. The fraction of sp³-hybridized carbons (Fsp3) is 0. The maximum absolute atomic E-state index is 6.48. The zero-order chi connectivity index (χ0) is 45.7. The number of furan rings is 1. The summed E-state index contributed by atoms with van der Waals surface area (Å²) >= 11 is 0. The van der Waals surface area contributed by atoms with Gasteiger partial charge in [-0.1, -0.05) is 231 Å². The van der Waals surface area contributed by atoms with E-state index in [1.165, 1.54) is 64.2 Å². The molecule has 12 aromatic carbocycles. The van der Waals surface area contributed by atoms with Gasteiger partial charge in [-0.3, -0.25) is 0 Å². The van der Waals surface area contributed by atoms with Crippen LogP contribution in [0.2, 0.25) is 0 Å². The highest BCUT2D eigenvalue weighted by Crippen LogP contribution is 2.42. The maximum Gasteiger partial charge on any atom is 0.179 e. The molecule has 3 heteroatoms. The second-order valence-corrected chi connectivity index (χ2v) is 21.8. The predicted molar refractivity (Wildman–Crippen MR) is 295 cm³/mol. The smallest absolute Gasteiger partial charge is 0.179 e. The summed E-state index contributed by atoms with van der Waals surface area (Å²) < 4.78 is 6.48. The average Bonchev–Trinajstić information content (AvgIpc) is 3.82. The lowest BCUT2D eigenvalue weighted by Gasteiger charge is -2.34. The first kappa shape index (κ1) is 40.5. The predicted octanol–water partition coefficient (Wildman–Crippen LogP) is 15.2. The van der Waals surface area contributed by atoms with Crippen LogP contribution in [0.25, 0.3) is 76.5 Å². The Labute approximate surface area is 402 Å². The second kappa shape index (κ2) is 16.8. The molecule has 0 bridgehead atoms. The number of hydrogen-bond donors (Lipinski definition) is 0. The van der Waals surface area contributed by atoms with Gasteiger partial charge in [0.25, 0.3) is 0 Å². The van der Waals surface area contributed by atoms with Crippen LogP contribution in [-0.2, 0) is 0 Å². The first-order valence-corrected chi connectivity index (χ1v) is 25.7. The molecule has 2 nitrogen and oxygen atoms in total. The summed E-state index contributed by atoms with van der Waals surface area (Å²) in [7, 11) is -2.63. The van der Waals surface area contributed by atoms with Crippen molar-refractivity contribution < 1.29 is 4.42 Å². The molecule has 0 unspecified atom stereocenters. The molecule has 0 aliphatic carbocycles. The van der Waals surface area contributed by atoms with E-state index in [4.69, 9.17) is 4.42 Å². The van der Waals surface area contributed by atoms with E-state index in [0.29, 0.717) is 0 Å². The summed E-state index contributed by atoms with van der Waals surface area (Å²) in [4.78, 5) is 2.39. The van der Waals surface area contributed by atoms with Crippen LogP contribution in [-0.4, -0.2) is 8.07 Å². The molecule has 0 saturated heterocycles. The van der Waals surface area contributed by atoms with Gasteiger partial charge in [0, 0.05) is 33.4 Å². The molecule has 0 N–H and O–H groups in total. The van der Waals surface area contributed by atoms with E-state index in [2.05, 4.69) is 266 Å². The van der Waals surface area contributed by atoms with Gasteiger partial charge in [0.15, 0.2) is 8.07 Å². The number of anilines is 3. The van der Waals surface area contributed by atoms with Gasteiger partial charge in [-0.2, -0.15) is 0 Å². The van der Waals surface area contributed by atoms with E-state index in [-0.39, 0.29) is 0 Å². The molecule has 0 amide bonds. The highest BCUT2D eigenvalue weighted by molar-refractivity contribution is 7.19. The summed E-state index contributed by atoms with van der Waals surface area (Å²) in [6.07, 6.45) is 0. The molecule has 0 fully saturated rings. The Morgan fingerprint density at radius 1 is 0.261 bits per heavy atom. The van der Waals surface area contributed by atoms with E-state index in [1.54, 1.807) is 0 Å². The SMILES string of the molecule is c1ccc([Si](c2ccccc2)(c2ccccc2)c2ccc(-c3ccc(N(c4ccc(-c5cccc6c5oc5ccccc56)cc4)c4ccc5c6ccccc6c6ccccc6c5c4)cc3)cc2)cc1. The highest BCUT2D eigenvalue weighted by atomic mass is 28.3. The lowest BCUT2D eigenvalue weighted by molar-refractivity contribution is 0.670. The summed E-state index contributed by atoms with van der Waals surface area (Å²) in [6.45, 7) is 0. The highest BCUT2D eigenvalue weighted by Gasteiger charge is 2.41. The van der Waals surface area contributed by atoms with Gasteiger partial charge in [-0.25, -0.2) is 0 Å². The van der Waals surface area contributed by atoms with Crippen LogP contribution < -0.4 is 25.6 Å². The molecule has 0 aliphatic heterocycles. The maximum atomic E-state index is 6.48. The second-order valence-electron chi connectivity index (χ2n) is 18.0. The topological polar surface area (TPSA) is 16.4 Å². The molecule has 1 heterocycles. The number of nitrogens with zero attached hydrogens (tertiary/aromatic N) is 1. The van der Waals surface area contributed by atoms with Gasteiger partial charge in [0.2, 0.25) is 0 Å². The standard InChI is InChI=1S/C66H45NOSi/c1-4-17-52(18-5-1)69(53-19-6-2-7-20-53,54-21-8-3-9-22-54)55-42-35-47(36-43-55)46-31-37-49(38-32-46)67(51-41-44-61-59-25-11-10-23-57(59)58-24-12-13-26-60(58)64(61)45-51)50-39-33-48(34-40-50)56-28-16-29-63-62-27-14-15-30-65(62)68-66(56)63/h1-45H.